The molecule has 10 aromatic rings. The van der Waals surface area contributed by atoms with Gasteiger partial charge in [0, 0.05) is 48.7 Å². The van der Waals surface area contributed by atoms with Gasteiger partial charge in [-0.05, 0) is 83.9 Å². The molecule has 0 fully saturated rings. The van der Waals surface area contributed by atoms with Crippen molar-refractivity contribution in [2.24, 2.45) is 0 Å². The molecule has 0 amide bonds. The molecule has 0 radical (unpaired) electrons. The number of pyridine rings is 3. The summed E-state index contributed by atoms with van der Waals surface area (Å²) >= 11 is 1.80. The second-order valence-electron chi connectivity index (χ2n) is 14.3. The van der Waals surface area contributed by atoms with Crippen LogP contribution in [0.2, 0.25) is 0 Å². The van der Waals surface area contributed by atoms with Gasteiger partial charge in [0.05, 0.1) is 92.1 Å². The Morgan fingerprint density at radius 1 is 0.482 bits per heavy atom. The minimum atomic E-state index is -0.743. The fourth-order valence-electron chi connectivity index (χ4n) is 9.36. The van der Waals surface area contributed by atoms with Gasteiger partial charge in [0.25, 0.3) is 0 Å². The number of hydrogen-bond acceptors (Lipinski definition) is 6. The lowest BCUT2D eigenvalue weighted by molar-refractivity contribution is 0.718. The van der Waals surface area contributed by atoms with E-state index in [2.05, 4.69) is 117 Å². The molecule has 5 aromatic heterocycles. The lowest BCUT2D eigenvalue weighted by Crippen LogP contribution is -2.32. The largest absolute Gasteiger partial charge is 0.308 e. The van der Waals surface area contributed by atoms with Crippen LogP contribution < -0.4 is 0 Å². The fourth-order valence-corrected chi connectivity index (χ4v) is 10.6. The number of rotatable bonds is 2. The molecule has 0 unspecified atom stereocenters. The van der Waals surface area contributed by atoms with E-state index in [-0.39, 0.29) is 0 Å². The van der Waals surface area contributed by atoms with Crippen LogP contribution in [0, 0.1) is 22.7 Å². The van der Waals surface area contributed by atoms with Crippen molar-refractivity contribution >= 4 is 55.4 Å². The Morgan fingerprint density at radius 3 is 1.61 bits per heavy atom. The fraction of sp³-hybridized carbons (Fsp3) is 0.0208. The molecule has 7 nitrogen and oxygen atoms in total. The van der Waals surface area contributed by atoms with Crippen LogP contribution in [-0.2, 0) is 5.41 Å². The topological polar surface area (TPSA) is 96.1 Å². The molecule has 1 aliphatic heterocycles. The number of benzene rings is 5. The van der Waals surface area contributed by atoms with E-state index < -0.39 is 5.41 Å². The molecular weight excluding hydrogens is 707 g/mol. The molecule has 6 heterocycles. The molecule has 56 heavy (non-hydrogen) atoms. The average molecular weight is 732 g/mol. The molecule has 0 atom stereocenters. The van der Waals surface area contributed by atoms with Gasteiger partial charge in [-0.25, -0.2) is 0 Å². The summed E-state index contributed by atoms with van der Waals surface area (Å²) in [5.41, 5.74) is 12.4. The van der Waals surface area contributed by atoms with E-state index in [0.29, 0.717) is 11.1 Å². The third-order valence-corrected chi connectivity index (χ3v) is 12.7. The molecule has 0 saturated carbocycles. The van der Waals surface area contributed by atoms with Crippen molar-refractivity contribution < 1.29 is 0 Å². The molecule has 1 spiro atoms. The highest BCUT2D eigenvalue weighted by Gasteiger charge is 2.52. The predicted octanol–water partition coefficient (Wildman–Crippen LogP) is 10.6. The highest BCUT2D eigenvalue weighted by Crippen LogP contribution is 2.62. The maximum absolute atomic E-state index is 9.84. The first-order chi connectivity index (χ1) is 27.7. The van der Waals surface area contributed by atoms with Crippen LogP contribution in [0.4, 0.5) is 0 Å². The molecule has 0 saturated heterocycles. The second kappa shape index (κ2) is 11.3. The van der Waals surface area contributed by atoms with Crippen molar-refractivity contribution in [2.45, 2.75) is 15.2 Å². The van der Waals surface area contributed by atoms with Gasteiger partial charge in [0.15, 0.2) is 0 Å². The van der Waals surface area contributed by atoms with Crippen LogP contribution in [0.1, 0.15) is 33.4 Å². The zero-order valence-electron chi connectivity index (χ0n) is 29.5. The minimum absolute atomic E-state index is 0.564. The lowest BCUT2D eigenvalue weighted by atomic mass is 9.67. The van der Waals surface area contributed by atoms with Crippen molar-refractivity contribution in [2.75, 3.05) is 0 Å². The van der Waals surface area contributed by atoms with Crippen molar-refractivity contribution in [3.05, 3.63) is 186 Å². The molecule has 8 heteroatoms. The van der Waals surface area contributed by atoms with Crippen LogP contribution >= 0.6 is 11.8 Å². The highest BCUT2D eigenvalue weighted by atomic mass is 32.2. The summed E-state index contributed by atoms with van der Waals surface area (Å²) in [5.74, 6) is 0. The van der Waals surface area contributed by atoms with Crippen molar-refractivity contribution in [1.29, 1.82) is 10.5 Å². The molecule has 0 N–H and O–H groups in total. The number of para-hydroxylation sites is 1. The van der Waals surface area contributed by atoms with Gasteiger partial charge in [-0.1, -0.05) is 66.4 Å². The van der Waals surface area contributed by atoms with Crippen LogP contribution in [0.25, 0.3) is 66.4 Å². The van der Waals surface area contributed by atoms with E-state index in [1.165, 1.54) is 20.9 Å². The van der Waals surface area contributed by atoms with Gasteiger partial charge in [-0.3, -0.25) is 15.0 Å². The molecule has 12 rings (SSSR count). The summed E-state index contributed by atoms with van der Waals surface area (Å²) in [6.07, 6.45) is 7.69. The van der Waals surface area contributed by atoms with E-state index in [1.54, 1.807) is 11.8 Å². The summed E-state index contributed by atoms with van der Waals surface area (Å²) < 4.78 is 4.48. The Labute approximate surface area is 324 Å². The second-order valence-corrected chi connectivity index (χ2v) is 15.4. The third kappa shape index (κ3) is 3.93. The maximum atomic E-state index is 9.84. The van der Waals surface area contributed by atoms with E-state index in [4.69, 9.17) is 9.97 Å². The number of nitrogens with zero attached hydrogens (tertiary/aromatic N) is 7. The summed E-state index contributed by atoms with van der Waals surface area (Å²) in [7, 11) is 0. The molecule has 0 bridgehead atoms. The summed E-state index contributed by atoms with van der Waals surface area (Å²) in [6, 6.07) is 48.7. The van der Waals surface area contributed by atoms with Gasteiger partial charge >= 0.3 is 0 Å². The monoisotopic (exact) mass is 731 g/mol. The summed E-state index contributed by atoms with van der Waals surface area (Å²) in [6.45, 7) is 0. The minimum Gasteiger partial charge on any atom is -0.308 e. The Bertz CT molecular complexity index is 3280. The first kappa shape index (κ1) is 30.9. The van der Waals surface area contributed by atoms with Gasteiger partial charge in [-0.15, -0.1) is 0 Å². The quantitative estimate of drug-likeness (QED) is 0.176. The van der Waals surface area contributed by atoms with Crippen LogP contribution in [0.15, 0.2) is 162 Å². The Kier molecular flexibility index (Phi) is 6.21. The van der Waals surface area contributed by atoms with Gasteiger partial charge in [0.2, 0.25) is 0 Å². The van der Waals surface area contributed by atoms with E-state index in [0.717, 1.165) is 77.5 Å². The number of aromatic nitrogens is 5. The Hall–Kier alpha value is -7.52. The maximum Gasteiger partial charge on any atom is 0.0991 e. The highest BCUT2D eigenvalue weighted by molar-refractivity contribution is 7.99. The SMILES string of the molecule is N#Cc1ccc2c(c1)c1cc(C#N)ccc1n2-c1cnc2c(c1)C1(c3ccccc3Sc3ccccc31)c1cc(-n3c4ccccc4c4ccncc43)cnc1-2. The first-order valence-corrected chi connectivity index (χ1v) is 19.1. The predicted molar refractivity (Wildman–Crippen MR) is 219 cm³/mol. The van der Waals surface area contributed by atoms with E-state index in [9.17, 15) is 10.5 Å². The normalized spacial score (nSPS) is 13.4. The molecule has 2 aliphatic rings. The summed E-state index contributed by atoms with van der Waals surface area (Å²) in [5, 5.41) is 23.8. The zero-order valence-corrected chi connectivity index (χ0v) is 30.3. The number of hydrogen-bond donors (Lipinski definition) is 0. The molecular formula is C48H25N7S. The summed E-state index contributed by atoms with van der Waals surface area (Å²) in [4.78, 5) is 17.6. The van der Waals surface area contributed by atoms with Crippen molar-refractivity contribution in [3.8, 4) is 34.9 Å². The van der Waals surface area contributed by atoms with Gasteiger partial charge < -0.3 is 9.13 Å². The van der Waals surface area contributed by atoms with Gasteiger partial charge in [0.1, 0.15) is 0 Å². The first-order valence-electron chi connectivity index (χ1n) is 18.3. The van der Waals surface area contributed by atoms with Crippen molar-refractivity contribution in [1.82, 2.24) is 24.1 Å². The van der Waals surface area contributed by atoms with Crippen LogP contribution in [0.3, 0.4) is 0 Å². The number of fused-ring (bicyclic) bond motifs is 15. The van der Waals surface area contributed by atoms with E-state index >= 15 is 0 Å². The zero-order chi connectivity index (χ0) is 37.1. The standard InChI is InChI=1S/C48H25N7S/c49-23-28-13-15-41-34(19-28)35-20-29(24-50)14-16-42(35)54(41)30-21-38-46(52-25-30)47-39(48(38)36-8-2-5-11-44(36)56-45-12-6-3-9-37(45)48)22-31(26-53-47)55-40-10-4-1-7-32(40)33-17-18-51-27-43(33)55/h1-22,25-27H. The van der Waals surface area contributed by atoms with Crippen LogP contribution in [0.5, 0.6) is 0 Å². The lowest BCUT2D eigenvalue weighted by Gasteiger charge is -2.39. The third-order valence-electron chi connectivity index (χ3n) is 11.6. The number of nitriles is 2. The average Bonchev–Trinajstić information content (AvgIpc) is 3.87. The van der Waals surface area contributed by atoms with Crippen molar-refractivity contribution in [3.63, 3.8) is 0 Å². The molecule has 5 aromatic carbocycles. The van der Waals surface area contributed by atoms with Gasteiger partial charge in [-0.2, -0.15) is 10.5 Å². The molecule has 1 aliphatic carbocycles. The smallest absolute Gasteiger partial charge is 0.0991 e. The Balaban J connectivity index is 1.19. The van der Waals surface area contributed by atoms with Crippen LogP contribution in [-0.4, -0.2) is 24.1 Å². The molecule has 258 valence electrons. The Morgan fingerprint density at radius 2 is 1.00 bits per heavy atom. The van der Waals surface area contributed by atoms with E-state index in [1.807, 2.05) is 61.2 Å².